The van der Waals surface area contributed by atoms with Gasteiger partial charge in [0.1, 0.15) is 6.29 Å². The SMILES string of the molecule is O=CC1CCCN1C(=O)Cc1ccc(NC(=O)Nc2ccccc2Cl)cc1. The maximum atomic E-state index is 12.4. The van der Waals surface area contributed by atoms with Gasteiger partial charge in [-0.2, -0.15) is 0 Å². The summed E-state index contributed by atoms with van der Waals surface area (Å²) in [5, 5.41) is 5.85. The van der Waals surface area contributed by atoms with Crippen LogP contribution in [0.15, 0.2) is 48.5 Å². The minimum atomic E-state index is -0.405. The maximum Gasteiger partial charge on any atom is 0.323 e. The van der Waals surface area contributed by atoms with Crippen LogP contribution in [0.2, 0.25) is 5.02 Å². The van der Waals surface area contributed by atoms with Crippen LogP contribution in [0.5, 0.6) is 0 Å². The molecule has 1 unspecified atom stereocenters. The fraction of sp³-hybridized carbons (Fsp3) is 0.250. The van der Waals surface area contributed by atoms with Crippen LogP contribution in [0.3, 0.4) is 0 Å². The van der Waals surface area contributed by atoms with Crippen molar-refractivity contribution in [3.05, 3.63) is 59.1 Å². The Morgan fingerprint density at radius 3 is 2.56 bits per heavy atom. The van der Waals surface area contributed by atoms with E-state index in [1.165, 1.54) is 0 Å². The minimum Gasteiger partial charge on any atom is -0.333 e. The van der Waals surface area contributed by atoms with E-state index in [0.717, 1.165) is 24.7 Å². The molecule has 0 spiro atoms. The quantitative estimate of drug-likeness (QED) is 0.770. The molecule has 1 aliphatic heterocycles. The first-order valence-corrected chi connectivity index (χ1v) is 9.11. The molecular formula is C20H20ClN3O3. The lowest BCUT2D eigenvalue weighted by atomic mass is 10.1. The fourth-order valence-corrected chi connectivity index (χ4v) is 3.26. The Morgan fingerprint density at radius 1 is 1.11 bits per heavy atom. The molecule has 0 aromatic heterocycles. The van der Waals surface area contributed by atoms with Gasteiger partial charge in [0.25, 0.3) is 0 Å². The Morgan fingerprint density at radius 2 is 1.85 bits per heavy atom. The van der Waals surface area contributed by atoms with Gasteiger partial charge in [0, 0.05) is 12.2 Å². The number of para-hydroxylation sites is 1. The molecule has 0 radical (unpaired) electrons. The number of nitrogens with zero attached hydrogens (tertiary/aromatic N) is 1. The highest BCUT2D eigenvalue weighted by molar-refractivity contribution is 6.33. The second kappa shape index (κ2) is 8.68. The highest BCUT2D eigenvalue weighted by Crippen LogP contribution is 2.21. The zero-order valence-electron chi connectivity index (χ0n) is 14.7. The number of anilines is 2. The van der Waals surface area contributed by atoms with E-state index in [0.29, 0.717) is 22.9 Å². The number of hydrogen-bond donors (Lipinski definition) is 2. The molecule has 1 fully saturated rings. The molecule has 3 rings (SSSR count). The monoisotopic (exact) mass is 385 g/mol. The average molecular weight is 386 g/mol. The van der Waals surface area contributed by atoms with Crippen LogP contribution in [0, 0.1) is 0 Å². The van der Waals surface area contributed by atoms with Gasteiger partial charge in [0.15, 0.2) is 0 Å². The van der Waals surface area contributed by atoms with E-state index in [-0.39, 0.29) is 18.4 Å². The first kappa shape index (κ1) is 18.9. The molecule has 1 aliphatic rings. The molecular weight excluding hydrogens is 366 g/mol. The number of nitrogens with one attached hydrogen (secondary N) is 2. The largest absolute Gasteiger partial charge is 0.333 e. The molecule has 27 heavy (non-hydrogen) atoms. The first-order valence-electron chi connectivity index (χ1n) is 8.73. The second-order valence-corrected chi connectivity index (χ2v) is 6.77. The number of benzene rings is 2. The highest BCUT2D eigenvalue weighted by Gasteiger charge is 2.27. The summed E-state index contributed by atoms with van der Waals surface area (Å²) in [6.07, 6.45) is 2.67. The van der Waals surface area contributed by atoms with Crippen LogP contribution in [0.4, 0.5) is 16.2 Å². The number of carbonyl (C=O) groups is 3. The summed E-state index contributed by atoms with van der Waals surface area (Å²) in [6, 6.07) is 13.3. The number of rotatable bonds is 5. The van der Waals surface area contributed by atoms with Gasteiger partial charge in [-0.15, -0.1) is 0 Å². The zero-order chi connectivity index (χ0) is 19.2. The van der Waals surface area contributed by atoms with Gasteiger partial charge in [-0.05, 0) is 42.7 Å². The first-order chi connectivity index (χ1) is 13.1. The van der Waals surface area contributed by atoms with Crippen molar-refractivity contribution in [1.29, 1.82) is 0 Å². The van der Waals surface area contributed by atoms with Gasteiger partial charge in [0.05, 0.1) is 23.2 Å². The van der Waals surface area contributed by atoms with Crippen molar-refractivity contribution in [1.82, 2.24) is 4.90 Å². The van der Waals surface area contributed by atoms with Crippen LogP contribution in [-0.4, -0.2) is 35.7 Å². The summed E-state index contributed by atoms with van der Waals surface area (Å²) < 4.78 is 0. The predicted molar refractivity (Wildman–Crippen MR) is 105 cm³/mol. The van der Waals surface area contributed by atoms with Gasteiger partial charge in [-0.25, -0.2) is 4.79 Å². The third-order valence-corrected chi connectivity index (χ3v) is 4.80. The van der Waals surface area contributed by atoms with Crippen molar-refractivity contribution in [2.24, 2.45) is 0 Å². The van der Waals surface area contributed by atoms with Crippen molar-refractivity contribution in [3.63, 3.8) is 0 Å². The molecule has 2 aromatic rings. The predicted octanol–water partition coefficient (Wildman–Crippen LogP) is 3.72. The van der Waals surface area contributed by atoms with Crippen LogP contribution in [0.25, 0.3) is 0 Å². The van der Waals surface area contributed by atoms with Crippen molar-refractivity contribution in [2.75, 3.05) is 17.2 Å². The molecule has 6 nitrogen and oxygen atoms in total. The lowest BCUT2D eigenvalue weighted by Gasteiger charge is -2.20. The summed E-state index contributed by atoms with van der Waals surface area (Å²) >= 11 is 6.01. The van der Waals surface area contributed by atoms with Gasteiger partial charge < -0.3 is 20.3 Å². The number of halogens is 1. The van der Waals surface area contributed by atoms with E-state index in [1.54, 1.807) is 53.4 Å². The lowest BCUT2D eigenvalue weighted by Crippen LogP contribution is -2.37. The van der Waals surface area contributed by atoms with Crippen molar-refractivity contribution in [3.8, 4) is 0 Å². The van der Waals surface area contributed by atoms with Crippen LogP contribution in [0.1, 0.15) is 18.4 Å². The van der Waals surface area contributed by atoms with Crippen LogP contribution in [-0.2, 0) is 16.0 Å². The molecule has 2 N–H and O–H groups in total. The Bertz CT molecular complexity index is 839. The van der Waals surface area contributed by atoms with E-state index in [4.69, 9.17) is 11.6 Å². The Labute approximate surface area is 162 Å². The van der Waals surface area contributed by atoms with Crippen LogP contribution < -0.4 is 10.6 Å². The number of aldehydes is 1. The minimum absolute atomic E-state index is 0.0539. The summed E-state index contributed by atoms with van der Waals surface area (Å²) in [5.41, 5.74) is 1.95. The number of hydrogen-bond acceptors (Lipinski definition) is 3. The van der Waals surface area contributed by atoms with Gasteiger partial charge in [-0.1, -0.05) is 35.9 Å². The molecule has 1 saturated heterocycles. The Balaban J connectivity index is 1.55. The number of urea groups is 1. The molecule has 7 heteroatoms. The van der Waals surface area contributed by atoms with Gasteiger partial charge in [0.2, 0.25) is 5.91 Å². The van der Waals surface area contributed by atoms with E-state index >= 15 is 0 Å². The van der Waals surface area contributed by atoms with Crippen molar-refractivity contribution >= 4 is 41.2 Å². The molecule has 3 amide bonds. The second-order valence-electron chi connectivity index (χ2n) is 6.37. The highest BCUT2D eigenvalue weighted by atomic mass is 35.5. The molecule has 0 aliphatic carbocycles. The zero-order valence-corrected chi connectivity index (χ0v) is 15.4. The van der Waals surface area contributed by atoms with Crippen molar-refractivity contribution in [2.45, 2.75) is 25.3 Å². The third kappa shape index (κ3) is 4.86. The topological polar surface area (TPSA) is 78.5 Å². The van der Waals surface area contributed by atoms with Gasteiger partial charge in [-0.3, -0.25) is 4.79 Å². The smallest absolute Gasteiger partial charge is 0.323 e. The molecule has 2 aromatic carbocycles. The fourth-order valence-electron chi connectivity index (χ4n) is 3.07. The molecule has 1 atom stereocenters. The Kier molecular flexibility index (Phi) is 6.08. The maximum absolute atomic E-state index is 12.4. The molecule has 1 heterocycles. The van der Waals surface area contributed by atoms with Crippen molar-refractivity contribution < 1.29 is 14.4 Å². The average Bonchev–Trinajstić information content (AvgIpc) is 3.14. The summed E-state index contributed by atoms with van der Waals surface area (Å²) in [5.74, 6) is -0.0539. The summed E-state index contributed by atoms with van der Waals surface area (Å²) in [6.45, 7) is 0.629. The van der Waals surface area contributed by atoms with Gasteiger partial charge >= 0.3 is 6.03 Å². The van der Waals surface area contributed by atoms with E-state index in [9.17, 15) is 14.4 Å². The summed E-state index contributed by atoms with van der Waals surface area (Å²) in [4.78, 5) is 37.1. The van der Waals surface area contributed by atoms with E-state index < -0.39 is 6.03 Å². The number of amides is 3. The lowest BCUT2D eigenvalue weighted by molar-refractivity contribution is -0.133. The number of likely N-dealkylation sites (tertiary alicyclic amines) is 1. The van der Waals surface area contributed by atoms with Crippen LogP contribution >= 0.6 is 11.6 Å². The molecule has 140 valence electrons. The number of carbonyl (C=O) groups excluding carboxylic acids is 3. The standard InChI is InChI=1S/C20H20ClN3O3/c21-17-5-1-2-6-18(17)23-20(27)22-15-9-7-14(8-10-15)12-19(26)24-11-3-4-16(24)13-25/h1-2,5-10,13,16H,3-4,11-12H2,(H2,22,23,27). The molecule has 0 bridgehead atoms. The third-order valence-electron chi connectivity index (χ3n) is 4.47. The normalized spacial score (nSPS) is 16.0. The summed E-state index contributed by atoms with van der Waals surface area (Å²) in [7, 11) is 0. The van der Waals surface area contributed by atoms with E-state index in [1.807, 2.05) is 0 Å². The Hall–Kier alpha value is -2.86. The van der Waals surface area contributed by atoms with E-state index in [2.05, 4.69) is 10.6 Å². The molecule has 0 saturated carbocycles.